The van der Waals surface area contributed by atoms with E-state index in [1.165, 1.54) is 12.1 Å². The fourth-order valence-corrected chi connectivity index (χ4v) is 3.43. The third-order valence-electron chi connectivity index (χ3n) is 5.42. The van der Waals surface area contributed by atoms with Gasteiger partial charge in [0.2, 0.25) is 11.8 Å². The van der Waals surface area contributed by atoms with Crippen molar-refractivity contribution in [2.75, 3.05) is 13.1 Å². The van der Waals surface area contributed by atoms with Crippen LogP contribution in [0.15, 0.2) is 42.6 Å². The Morgan fingerprint density at radius 1 is 1.14 bits per heavy atom. The summed E-state index contributed by atoms with van der Waals surface area (Å²) in [5, 5.41) is 0. The molecule has 5 nitrogen and oxygen atoms in total. The number of rotatable bonds is 10. The van der Waals surface area contributed by atoms with Gasteiger partial charge in [-0.1, -0.05) is 25.5 Å². The molecule has 0 bridgehead atoms. The van der Waals surface area contributed by atoms with Crippen molar-refractivity contribution in [3.8, 4) is 0 Å². The molecule has 0 N–H and O–H groups in total. The standard InChI is InChI=1S/C23H30FN3O2/c1-3-4-14-26(22(28)15-18-7-9-19(24)10-8-18)17-23(29)27(20-11-12-20)16-21-6-5-13-25(21)2/h5-10,13,20H,3-4,11-12,14-17H2,1-2H3. The van der Waals surface area contributed by atoms with E-state index in [0.29, 0.717) is 13.1 Å². The number of benzene rings is 1. The van der Waals surface area contributed by atoms with Crippen LogP contribution in [0, 0.1) is 5.82 Å². The maximum absolute atomic E-state index is 13.1. The first kappa shape index (κ1) is 21.1. The maximum atomic E-state index is 13.1. The number of aromatic nitrogens is 1. The van der Waals surface area contributed by atoms with E-state index in [2.05, 4.69) is 6.92 Å². The van der Waals surface area contributed by atoms with Gasteiger partial charge in [0.15, 0.2) is 0 Å². The molecule has 0 atom stereocenters. The molecule has 1 aliphatic carbocycles. The predicted octanol–water partition coefficient (Wildman–Crippen LogP) is 3.53. The van der Waals surface area contributed by atoms with E-state index >= 15 is 0 Å². The minimum absolute atomic E-state index is 0.00254. The van der Waals surface area contributed by atoms with Gasteiger partial charge < -0.3 is 14.4 Å². The largest absolute Gasteiger partial charge is 0.353 e. The molecule has 1 aromatic carbocycles. The summed E-state index contributed by atoms with van der Waals surface area (Å²) in [6, 6.07) is 10.2. The second-order valence-electron chi connectivity index (χ2n) is 7.84. The number of halogens is 1. The van der Waals surface area contributed by atoms with E-state index in [1.807, 2.05) is 34.8 Å². The van der Waals surface area contributed by atoms with E-state index < -0.39 is 0 Å². The van der Waals surface area contributed by atoms with Crippen LogP contribution in [0.25, 0.3) is 0 Å². The summed E-state index contributed by atoms with van der Waals surface area (Å²) in [6.07, 6.45) is 6.00. The van der Waals surface area contributed by atoms with Crippen LogP contribution >= 0.6 is 0 Å². The fraction of sp³-hybridized carbons (Fsp3) is 0.478. The zero-order valence-electron chi connectivity index (χ0n) is 17.3. The SMILES string of the molecule is CCCCN(CC(=O)N(Cc1cccn1C)C1CC1)C(=O)Cc1ccc(F)cc1. The summed E-state index contributed by atoms with van der Waals surface area (Å²) in [5.74, 6) is -0.412. The van der Waals surface area contributed by atoms with E-state index in [-0.39, 0.29) is 36.6 Å². The van der Waals surface area contributed by atoms with Gasteiger partial charge in [-0.15, -0.1) is 0 Å². The topological polar surface area (TPSA) is 45.6 Å². The third kappa shape index (κ3) is 5.92. The quantitative estimate of drug-likeness (QED) is 0.614. The van der Waals surface area contributed by atoms with Crippen molar-refractivity contribution < 1.29 is 14.0 Å². The van der Waals surface area contributed by atoms with Crippen LogP contribution in [0.3, 0.4) is 0 Å². The Hall–Kier alpha value is -2.63. The number of nitrogens with zero attached hydrogens (tertiary/aromatic N) is 3. The van der Waals surface area contributed by atoms with E-state index in [4.69, 9.17) is 0 Å². The maximum Gasteiger partial charge on any atom is 0.242 e. The van der Waals surface area contributed by atoms with E-state index in [0.717, 1.165) is 36.9 Å². The van der Waals surface area contributed by atoms with Gasteiger partial charge in [-0.05, 0) is 49.1 Å². The van der Waals surface area contributed by atoms with Gasteiger partial charge in [0.25, 0.3) is 0 Å². The van der Waals surface area contributed by atoms with Gasteiger partial charge in [-0.2, -0.15) is 0 Å². The lowest BCUT2D eigenvalue weighted by Crippen LogP contribution is -2.44. The number of carbonyl (C=O) groups excluding carboxylic acids is 2. The molecule has 156 valence electrons. The Labute approximate surface area is 172 Å². The number of amides is 2. The zero-order valence-corrected chi connectivity index (χ0v) is 17.3. The first-order chi connectivity index (χ1) is 14.0. The Bertz CT molecular complexity index is 827. The second-order valence-corrected chi connectivity index (χ2v) is 7.84. The molecule has 29 heavy (non-hydrogen) atoms. The molecule has 1 fully saturated rings. The molecule has 2 aromatic rings. The van der Waals surface area contributed by atoms with Crippen LogP contribution in [0.1, 0.15) is 43.9 Å². The van der Waals surface area contributed by atoms with Gasteiger partial charge in [-0.3, -0.25) is 9.59 Å². The number of unbranched alkanes of at least 4 members (excludes halogenated alkanes) is 1. The number of aryl methyl sites for hydroxylation is 1. The van der Waals surface area contributed by atoms with E-state index in [1.54, 1.807) is 17.0 Å². The molecule has 2 amide bonds. The number of hydrogen-bond donors (Lipinski definition) is 0. The Kier molecular flexibility index (Phi) is 7.07. The highest BCUT2D eigenvalue weighted by molar-refractivity contribution is 5.86. The Balaban J connectivity index is 1.67. The molecule has 0 aliphatic heterocycles. The van der Waals surface area contributed by atoms with Crippen molar-refractivity contribution >= 4 is 11.8 Å². The lowest BCUT2D eigenvalue weighted by atomic mass is 10.1. The van der Waals surface area contributed by atoms with Crippen LogP contribution in [-0.4, -0.2) is 45.3 Å². The molecule has 3 rings (SSSR count). The van der Waals surface area contributed by atoms with Crippen LogP contribution in [0.4, 0.5) is 4.39 Å². The summed E-state index contributed by atoms with van der Waals surface area (Å²) >= 11 is 0. The Morgan fingerprint density at radius 3 is 2.45 bits per heavy atom. The zero-order chi connectivity index (χ0) is 20.8. The van der Waals surface area contributed by atoms with Gasteiger partial charge in [0.1, 0.15) is 5.82 Å². The highest BCUT2D eigenvalue weighted by Gasteiger charge is 2.34. The van der Waals surface area contributed by atoms with Crippen molar-refractivity contribution in [3.05, 3.63) is 59.7 Å². The molecule has 0 spiro atoms. The molecule has 1 heterocycles. The smallest absolute Gasteiger partial charge is 0.242 e. The summed E-state index contributed by atoms with van der Waals surface area (Å²) in [6.45, 7) is 3.29. The summed E-state index contributed by atoms with van der Waals surface area (Å²) in [5.41, 5.74) is 1.84. The monoisotopic (exact) mass is 399 g/mol. The summed E-state index contributed by atoms with van der Waals surface area (Å²) < 4.78 is 15.2. The van der Waals surface area contributed by atoms with Gasteiger partial charge in [-0.25, -0.2) is 4.39 Å². The molecule has 0 unspecified atom stereocenters. The summed E-state index contributed by atoms with van der Waals surface area (Å²) in [7, 11) is 1.98. The van der Waals surface area contributed by atoms with E-state index in [9.17, 15) is 14.0 Å². The number of hydrogen-bond acceptors (Lipinski definition) is 2. The predicted molar refractivity (Wildman–Crippen MR) is 111 cm³/mol. The van der Waals surface area contributed by atoms with Crippen LogP contribution in [0.5, 0.6) is 0 Å². The minimum Gasteiger partial charge on any atom is -0.353 e. The third-order valence-corrected chi connectivity index (χ3v) is 5.42. The van der Waals surface area contributed by atoms with Crippen molar-refractivity contribution in [2.45, 2.75) is 51.6 Å². The van der Waals surface area contributed by atoms with Gasteiger partial charge in [0, 0.05) is 31.5 Å². The minimum atomic E-state index is -0.319. The average Bonchev–Trinajstić information content (AvgIpc) is 3.46. The molecule has 1 saturated carbocycles. The van der Waals surface area contributed by atoms with Gasteiger partial charge in [0.05, 0.1) is 19.5 Å². The van der Waals surface area contributed by atoms with Crippen LogP contribution in [0.2, 0.25) is 0 Å². The van der Waals surface area contributed by atoms with Crippen LogP contribution in [-0.2, 0) is 29.6 Å². The molecule has 1 aromatic heterocycles. The molecular formula is C23H30FN3O2. The highest BCUT2D eigenvalue weighted by atomic mass is 19.1. The second kappa shape index (κ2) is 9.72. The first-order valence-electron chi connectivity index (χ1n) is 10.4. The van der Waals surface area contributed by atoms with Crippen molar-refractivity contribution in [3.63, 3.8) is 0 Å². The molecule has 1 aliphatic rings. The highest BCUT2D eigenvalue weighted by Crippen LogP contribution is 2.28. The summed E-state index contributed by atoms with van der Waals surface area (Å²) in [4.78, 5) is 29.6. The molecule has 6 heteroatoms. The van der Waals surface area contributed by atoms with Crippen molar-refractivity contribution in [1.82, 2.24) is 14.4 Å². The average molecular weight is 400 g/mol. The number of carbonyl (C=O) groups is 2. The van der Waals surface area contributed by atoms with Crippen molar-refractivity contribution in [2.24, 2.45) is 7.05 Å². The normalized spacial score (nSPS) is 13.3. The van der Waals surface area contributed by atoms with Crippen LogP contribution < -0.4 is 0 Å². The van der Waals surface area contributed by atoms with Crippen molar-refractivity contribution in [1.29, 1.82) is 0 Å². The first-order valence-corrected chi connectivity index (χ1v) is 10.4. The Morgan fingerprint density at radius 2 is 1.86 bits per heavy atom. The van der Waals surface area contributed by atoms with Gasteiger partial charge >= 0.3 is 0 Å². The molecular weight excluding hydrogens is 369 g/mol. The lowest BCUT2D eigenvalue weighted by Gasteiger charge is -2.28. The lowest BCUT2D eigenvalue weighted by molar-refractivity contribution is -0.141. The fourth-order valence-electron chi connectivity index (χ4n) is 3.43. The molecule has 0 saturated heterocycles. The molecule has 0 radical (unpaired) electrons.